The molecule has 2 aromatic rings. The van der Waals surface area contributed by atoms with Crippen LogP contribution in [-0.2, 0) is 0 Å². The van der Waals surface area contributed by atoms with Gasteiger partial charge in [-0.2, -0.15) is 0 Å². The predicted octanol–water partition coefficient (Wildman–Crippen LogP) is 4.41. The molecule has 0 radical (unpaired) electrons. The Bertz CT molecular complexity index is 514. The van der Waals surface area contributed by atoms with Crippen LogP contribution in [0.4, 0.5) is 0 Å². The van der Waals surface area contributed by atoms with Crippen molar-refractivity contribution in [2.24, 2.45) is 0 Å². The summed E-state index contributed by atoms with van der Waals surface area (Å²) in [5.74, 6) is 0.556. The second-order valence-corrected chi connectivity index (χ2v) is 4.94. The maximum atomic E-state index is 9.83. The minimum atomic E-state index is -0.343. The van der Waals surface area contributed by atoms with Crippen LogP contribution in [0.25, 0.3) is 10.8 Å². The van der Waals surface area contributed by atoms with Gasteiger partial charge in [0.15, 0.2) is 0 Å². The van der Waals surface area contributed by atoms with Crippen molar-refractivity contribution in [3.8, 4) is 0 Å². The Morgan fingerprint density at radius 1 is 0.941 bits per heavy atom. The van der Waals surface area contributed by atoms with Crippen LogP contribution in [0.2, 0.25) is 0 Å². The third-order valence-electron chi connectivity index (χ3n) is 3.33. The first-order valence-corrected chi connectivity index (χ1v) is 6.33. The Morgan fingerprint density at radius 3 is 2.00 bits per heavy atom. The molecule has 1 atom stereocenters. The van der Waals surface area contributed by atoms with Crippen LogP contribution in [0.15, 0.2) is 36.4 Å². The van der Waals surface area contributed by atoms with Crippen molar-refractivity contribution in [2.75, 3.05) is 0 Å². The third kappa shape index (κ3) is 2.50. The zero-order valence-corrected chi connectivity index (χ0v) is 10.8. The summed E-state index contributed by atoms with van der Waals surface area (Å²) in [6.07, 6.45) is 0.416. The number of hydrogen-bond donors (Lipinski definition) is 1. The number of benzene rings is 2. The molecule has 0 amide bonds. The lowest BCUT2D eigenvalue weighted by molar-refractivity contribution is 0.174. The van der Waals surface area contributed by atoms with Gasteiger partial charge in [-0.25, -0.2) is 0 Å². The lowest BCUT2D eigenvalue weighted by Gasteiger charge is -2.11. The van der Waals surface area contributed by atoms with Crippen LogP contribution >= 0.6 is 0 Å². The maximum Gasteiger partial charge on any atom is 0.0787 e. The molecule has 0 saturated carbocycles. The Hall–Kier alpha value is -1.34. The van der Waals surface area contributed by atoms with Crippen molar-refractivity contribution >= 4 is 10.8 Å². The van der Waals surface area contributed by atoms with Gasteiger partial charge < -0.3 is 5.11 Å². The summed E-state index contributed by atoms with van der Waals surface area (Å²) in [6, 6.07) is 12.8. The average molecular weight is 228 g/mol. The first-order valence-electron chi connectivity index (χ1n) is 6.33. The van der Waals surface area contributed by atoms with E-state index in [0.29, 0.717) is 5.92 Å². The van der Waals surface area contributed by atoms with E-state index in [4.69, 9.17) is 0 Å². The zero-order chi connectivity index (χ0) is 12.4. The summed E-state index contributed by atoms with van der Waals surface area (Å²) in [7, 11) is 0. The summed E-state index contributed by atoms with van der Waals surface area (Å²) in [6.45, 7) is 6.41. The monoisotopic (exact) mass is 228 g/mol. The van der Waals surface area contributed by atoms with Gasteiger partial charge in [0.25, 0.3) is 0 Å². The molecule has 90 valence electrons. The highest BCUT2D eigenvalue weighted by atomic mass is 16.3. The highest BCUT2D eigenvalue weighted by Crippen LogP contribution is 2.25. The fraction of sp³-hybridized carbons (Fsp3) is 0.375. The number of aliphatic hydroxyl groups is 1. The summed E-state index contributed by atoms with van der Waals surface area (Å²) in [5.41, 5.74) is 2.37. The molecular formula is C16H20O. The minimum absolute atomic E-state index is 0.343. The topological polar surface area (TPSA) is 20.2 Å². The molecule has 0 bridgehead atoms. The van der Waals surface area contributed by atoms with Gasteiger partial charge in [-0.3, -0.25) is 0 Å². The lowest BCUT2D eigenvalue weighted by atomic mass is 9.97. The largest absolute Gasteiger partial charge is 0.388 e. The summed E-state index contributed by atoms with van der Waals surface area (Å²) in [4.78, 5) is 0. The Morgan fingerprint density at radius 2 is 1.47 bits per heavy atom. The number of hydrogen-bond acceptors (Lipinski definition) is 1. The molecule has 1 unspecified atom stereocenters. The number of fused-ring (bicyclic) bond motifs is 1. The van der Waals surface area contributed by atoms with E-state index >= 15 is 0 Å². The van der Waals surface area contributed by atoms with E-state index in [-0.39, 0.29) is 6.10 Å². The van der Waals surface area contributed by atoms with Gasteiger partial charge in [-0.1, -0.05) is 51.1 Å². The zero-order valence-electron chi connectivity index (χ0n) is 10.8. The molecule has 2 rings (SSSR count). The quantitative estimate of drug-likeness (QED) is 0.825. The second kappa shape index (κ2) is 4.89. The van der Waals surface area contributed by atoms with Gasteiger partial charge in [0.05, 0.1) is 6.10 Å². The van der Waals surface area contributed by atoms with E-state index in [1.54, 1.807) is 0 Å². The highest BCUT2D eigenvalue weighted by Gasteiger charge is 2.06. The van der Waals surface area contributed by atoms with Gasteiger partial charge in [-0.05, 0) is 40.3 Å². The first-order chi connectivity index (χ1) is 8.11. The molecular weight excluding hydrogens is 208 g/mol. The molecule has 0 aliphatic rings. The van der Waals surface area contributed by atoms with Crippen molar-refractivity contribution < 1.29 is 5.11 Å². The Balaban J connectivity index is 2.46. The SMILES string of the molecule is CCC(O)c1ccc2cc(C(C)C)ccc2c1. The molecule has 2 aromatic carbocycles. The molecule has 1 nitrogen and oxygen atoms in total. The van der Waals surface area contributed by atoms with Crippen LogP contribution in [-0.4, -0.2) is 5.11 Å². The third-order valence-corrected chi connectivity index (χ3v) is 3.33. The second-order valence-electron chi connectivity index (χ2n) is 4.94. The van der Waals surface area contributed by atoms with Crippen molar-refractivity contribution in [1.82, 2.24) is 0 Å². The maximum absolute atomic E-state index is 9.83. The van der Waals surface area contributed by atoms with Crippen LogP contribution in [0.5, 0.6) is 0 Å². The molecule has 0 aliphatic heterocycles. The van der Waals surface area contributed by atoms with Crippen molar-refractivity contribution in [3.63, 3.8) is 0 Å². The van der Waals surface area contributed by atoms with Crippen molar-refractivity contribution in [2.45, 2.75) is 39.2 Å². The molecule has 0 heterocycles. The lowest BCUT2D eigenvalue weighted by Crippen LogP contribution is -1.95. The molecule has 0 spiro atoms. The molecule has 0 saturated heterocycles. The normalized spacial score (nSPS) is 13.2. The predicted molar refractivity (Wildman–Crippen MR) is 73.3 cm³/mol. The molecule has 1 heteroatoms. The molecule has 0 fully saturated rings. The van der Waals surface area contributed by atoms with Gasteiger partial charge in [0, 0.05) is 0 Å². The van der Waals surface area contributed by atoms with Crippen LogP contribution < -0.4 is 0 Å². The van der Waals surface area contributed by atoms with Gasteiger partial charge in [0.2, 0.25) is 0 Å². The highest BCUT2D eigenvalue weighted by molar-refractivity contribution is 5.84. The van der Waals surface area contributed by atoms with Gasteiger partial charge in [0.1, 0.15) is 0 Å². The molecule has 0 aliphatic carbocycles. The molecule has 0 aromatic heterocycles. The van der Waals surface area contributed by atoms with Crippen LogP contribution in [0, 0.1) is 0 Å². The van der Waals surface area contributed by atoms with E-state index in [2.05, 4.69) is 44.2 Å². The Kier molecular flexibility index (Phi) is 3.49. The van der Waals surface area contributed by atoms with Crippen LogP contribution in [0.1, 0.15) is 50.3 Å². The average Bonchev–Trinajstić information content (AvgIpc) is 2.36. The van der Waals surface area contributed by atoms with E-state index in [0.717, 1.165) is 12.0 Å². The Labute approximate surface area is 103 Å². The van der Waals surface area contributed by atoms with Crippen LogP contribution in [0.3, 0.4) is 0 Å². The van der Waals surface area contributed by atoms with Crippen molar-refractivity contribution in [1.29, 1.82) is 0 Å². The number of rotatable bonds is 3. The van der Waals surface area contributed by atoms with E-state index < -0.39 is 0 Å². The molecule has 1 N–H and O–H groups in total. The van der Waals surface area contributed by atoms with Crippen molar-refractivity contribution in [3.05, 3.63) is 47.5 Å². The minimum Gasteiger partial charge on any atom is -0.388 e. The summed E-state index contributed by atoms with van der Waals surface area (Å²) in [5, 5.41) is 12.3. The fourth-order valence-corrected chi connectivity index (χ4v) is 2.08. The summed E-state index contributed by atoms with van der Waals surface area (Å²) < 4.78 is 0. The van der Waals surface area contributed by atoms with E-state index in [1.165, 1.54) is 16.3 Å². The van der Waals surface area contributed by atoms with E-state index in [9.17, 15) is 5.11 Å². The standard InChI is InChI=1S/C16H20O/c1-4-16(17)15-8-7-13-9-12(11(2)3)5-6-14(13)10-15/h5-11,16-17H,4H2,1-3H3. The number of aliphatic hydroxyl groups excluding tert-OH is 1. The summed E-state index contributed by atoms with van der Waals surface area (Å²) >= 11 is 0. The van der Waals surface area contributed by atoms with Gasteiger partial charge >= 0.3 is 0 Å². The molecule has 17 heavy (non-hydrogen) atoms. The smallest absolute Gasteiger partial charge is 0.0787 e. The van der Waals surface area contributed by atoms with Gasteiger partial charge in [-0.15, -0.1) is 0 Å². The van der Waals surface area contributed by atoms with E-state index in [1.807, 2.05) is 13.0 Å². The fourth-order valence-electron chi connectivity index (χ4n) is 2.08. The first kappa shape index (κ1) is 12.1.